The molecule has 1 saturated heterocycles. The fourth-order valence-electron chi connectivity index (χ4n) is 3.21. The van der Waals surface area contributed by atoms with Gasteiger partial charge in [0.25, 0.3) is 5.91 Å². The normalized spacial score (nSPS) is 16.0. The van der Waals surface area contributed by atoms with E-state index in [1.54, 1.807) is 17.0 Å². The number of hydrogen-bond acceptors (Lipinski definition) is 4. The molecule has 2 N–H and O–H groups in total. The number of hydrogen-bond donors (Lipinski definition) is 2. The van der Waals surface area contributed by atoms with Gasteiger partial charge in [-0.1, -0.05) is 30.3 Å². The third kappa shape index (κ3) is 5.81. The minimum atomic E-state index is -0.395. The van der Waals surface area contributed by atoms with Crippen LogP contribution in [0.25, 0.3) is 0 Å². The predicted molar refractivity (Wildman–Crippen MR) is 108 cm³/mol. The van der Waals surface area contributed by atoms with Crippen LogP contribution in [0.1, 0.15) is 35.7 Å². The number of amides is 3. The van der Waals surface area contributed by atoms with Crippen molar-refractivity contribution in [3.05, 3.63) is 65.7 Å². The highest BCUT2D eigenvalue weighted by atomic mass is 16.5. The van der Waals surface area contributed by atoms with E-state index in [4.69, 9.17) is 4.74 Å². The highest BCUT2D eigenvalue weighted by molar-refractivity contribution is 5.95. The number of nitrogens with zero attached hydrogens (tertiary/aromatic N) is 1. The molecular formula is C22H25N3O4. The van der Waals surface area contributed by atoms with Crippen LogP contribution in [0.4, 0.5) is 0 Å². The minimum absolute atomic E-state index is 0.0390. The molecule has 0 bridgehead atoms. The van der Waals surface area contributed by atoms with Crippen LogP contribution in [0.15, 0.2) is 54.6 Å². The van der Waals surface area contributed by atoms with Gasteiger partial charge in [0.05, 0.1) is 5.92 Å². The molecule has 1 aliphatic rings. The second-order valence-electron chi connectivity index (χ2n) is 7.05. The van der Waals surface area contributed by atoms with Crippen molar-refractivity contribution in [2.75, 3.05) is 13.1 Å². The van der Waals surface area contributed by atoms with Crippen molar-refractivity contribution in [1.82, 2.24) is 15.8 Å². The van der Waals surface area contributed by atoms with Crippen molar-refractivity contribution in [1.29, 1.82) is 0 Å². The molecule has 1 aliphatic heterocycles. The maximum atomic E-state index is 12.3. The van der Waals surface area contributed by atoms with Gasteiger partial charge < -0.3 is 9.64 Å². The Bertz CT molecular complexity index is 852. The van der Waals surface area contributed by atoms with Gasteiger partial charge in [-0.05, 0) is 42.7 Å². The number of para-hydroxylation sites is 1. The molecule has 1 atom stereocenters. The molecule has 7 heteroatoms. The zero-order chi connectivity index (χ0) is 20.6. The number of benzene rings is 2. The lowest BCUT2D eigenvalue weighted by atomic mass is 9.97. The minimum Gasteiger partial charge on any atom is -0.489 e. The van der Waals surface area contributed by atoms with Crippen LogP contribution < -0.4 is 15.6 Å². The molecule has 29 heavy (non-hydrogen) atoms. The van der Waals surface area contributed by atoms with Crippen LogP contribution in [-0.2, 0) is 16.2 Å². The highest BCUT2D eigenvalue weighted by Gasteiger charge is 2.27. The van der Waals surface area contributed by atoms with E-state index in [9.17, 15) is 14.4 Å². The van der Waals surface area contributed by atoms with Crippen LogP contribution >= 0.6 is 0 Å². The maximum Gasteiger partial charge on any atom is 0.269 e. The third-order valence-electron chi connectivity index (χ3n) is 4.90. The van der Waals surface area contributed by atoms with Crippen molar-refractivity contribution in [2.24, 2.45) is 5.92 Å². The number of nitrogens with one attached hydrogen (secondary N) is 2. The van der Waals surface area contributed by atoms with Gasteiger partial charge in [0.2, 0.25) is 11.8 Å². The summed E-state index contributed by atoms with van der Waals surface area (Å²) < 4.78 is 5.68. The molecule has 0 radical (unpaired) electrons. The molecule has 3 rings (SSSR count). The molecule has 3 amide bonds. The number of carbonyl (C=O) groups is 3. The fraction of sp³-hybridized carbons (Fsp3) is 0.318. The van der Waals surface area contributed by atoms with Crippen molar-refractivity contribution < 1.29 is 19.1 Å². The number of ether oxygens (including phenoxy) is 1. The summed E-state index contributed by atoms with van der Waals surface area (Å²) in [6.07, 6.45) is 1.47. The van der Waals surface area contributed by atoms with E-state index >= 15 is 0 Å². The lowest BCUT2D eigenvalue weighted by Gasteiger charge is -2.31. The van der Waals surface area contributed by atoms with Gasteiger partial charge in [-0.25, -0.2) is 0 Å². The Morgan fingerprint density at radius 2 is 1.76 bits per heavy atom. The molecule has 0 aromatic heterocycles. The first-order valence-corrected chi connectivity index (χ1v) is 9.65. The number of carbonyl (C=O) groups excluding carboxylic acids is 3. The molecule has 2 aromatic rings. The van der Waals surface area contributed by atoms with Crippen molar-refractivity contribution in [3.63, 3.8) is 0 Å². The average Bonchev–Trinajstić information content (AvgIpc) is 2.77. The Morgan fingerprint density at radius 3 is 2.45 bits per heavy atom. The van der Waals surface area contributed by atoms with Gasteiger partial charge in [0.15, 0.2) is 0 Å². The summed E-state index contributed by atoms with van der Waals surface area (Å²) >= 11 is 0. The monoisotopic (exact) mass is 395 g/mol. The van der Waals surface area contributed by atoms with E-state index in [1.807, 2.05) is 42.5 Å². The molecule has 0 saturated carbocycles. The van der Waals surface area contributed by atoms with Crippen LogP contribution in [0.3, 0.4) is 0 Å². The van der Waals surface area contributed by atoms with E-state index in [1.165, 1.54) is 6.92 Å². The van der Waals surface area contributed by atoms with Gasteiger partial charge in [-0.15, -0.1) is 0 Å². The van der Waals surface area contributed by atoms with E-state index in [2.05, 4.69) is 10.9 Å². The van der Waals surface area contributed by atoms with E-state index in [0.717, 1.165) is 17.7 Å². The van der Waals surface area contributed by atoms with Crippen molar-refractivity contribution >= 4 is 17.7 Å². The molecule has 1 heterocycles. The van der Waals surface area contributed by atoms with Gasteiger partial charge in [0.1, 0.15) is 12.4 Å². The first kappa shape index (κ1) is 20.4. The van der Waals surface area contributed by atoms with Crippen molar-refractivity contribution in [3.8, 4) is 5.75 Å². The molecule has 152 valence electrons. The summed E-state index contributed by atoms with van der Waals surface area (Å²) in [4.78, 5) is 37.7. The quantitative estimate of drug-likeness (QED) is 0.761. The maximum absolute atomic E-state index is 12.3. The Morgan fingerprint density at radius 1 is 1.03 bits per heavy atom. The summed E-state index contributed by atoms with van der Waals surface area (Å²) in [6.45, 7) is 2.95. The Kier molecular flexibility index (Phi) is 6.84. The third-order valence-corrected chi connectivity index (χ3v) is 4.90. The summed E-state index contributed by atoms with van der Waals surface area (Å²) in [5, 5.41) is 0. The summed E-state index contributed by atoms with van der Waals surface area (Å²) in [6, 6.07) is 16.5. The van der Waals surface area contributed by atoms with E-state index in [0.29, 0.717) is 31.7 Å². The zero-order valence-corrected chi connectivity index (χ0v) is 16.4. The summed E-state index contributed by atoms with van der Waals surface area (Å²) in [5.41, 5.74) is 6.28. The zero-order valence-electron chi connectivity index (χ0n) is 16.4. The Hall–Kier alpha value is -3.35. The molecule has 0 unspecified atom stereocenters. The van der Waals surface area contributed by atoms with Crippen LogP contribution in [0, 0.1) is 5.92 Å². The molecule has 7 nitrogen and oxygen atoms in total. The first-order valence-electron chi connectivity index (χ1n) is 9.65. The second-order valence-corrected chi connectivity index (χ2v) is 7.05. The SMILES string of the molecule is CC(=O)N1CCC[C@H](C(=O)NNC(=O)c2ccc(COc3ccccc3)cc2)C1. The summed E-state index contributed by atoms with van der Waals surface area (Å²) in [5.74, 6) is -0.248. The van der Waals surface area contributed by atoms with Crippen molar-refractivity contribution in [2.45, 2.75) is 26.4 Å². The Labute approximate surface area is 170 Å². The van der Waals surface area contributed by atoms with Gasteiger partial charge in [-0.3, -0.25) is 25.2 Å². The standard InChI is InChI=1S/C22H25N3O4/c1-16(26)25-13-5-6-19(14-25)22(28)24-23-21(27)18-11-9-17(10-12-18)15-29-20-7-3-2-4-8-20/h2-4,7-12,19H,5-6,13-15H2,1H3,(H,23,27)(H,24,28)/t19-/m0/s1. The highest BCUT2D eigenvalue weighted by Crippen LogP contribution is 2.16. The van der Waals surface area contributed by atoms with E-state index in [-0.39, 0.29) is 17.7 Å². The first-order chi connectivity index (χ1) is 14.0. The number of piperidine rings is 1. The van der Waals surface area contributed by atoms with Crippen LogP contribution in [-0.4, -0.2) is 35.7 Å². The lowest BCUT2D eigenvalue weighted by molar-refractivity contribution is -0.134. The number of hydrazine groups is 1. The molecule has 0 spiro atoms. The lowest BCUT2D eigenvalue weighted by Crippen LogP contribution is -2.49. The van der Waals surface area contributed by atoms with Crippen LogP contribution in [0.2, 0.25) is 0 Å². The predicted octanol–water partition coefficient (Wildman–Crippen LogP) is 2.29. The number of rotatable bonds is 5. The number of likely N-dealkylation sites (tertiary alicyclic amines) is 1. The van der Waals surface area contributed by atoms with Gasteiger partial charge >= 0.3 is 0 Å². The topological polar surface area (TPSA) is 87.7 Å². The summed E-state index contributed by atoms with van der Waals surface area (Å²) in [7, 11) is 0. The second kappa shape index (κ2) is 9.73. The van der Waals surface area contributed by atoms with E-state index < -0.39 is 5.91 Å². The van der Waals surface area contributed by atoms with Gasteiger partial charge in [-0.2, -0.15) is 0 Å². The smallest absolute Gasteiger partial charge is 0.269 e. The molecule has 1 fully saturated rings. The molecule has 0 aliphatic carbocycles. The average molecular weight is 395 g/mol. The largest absolute Gasteiger partial charge is 0.489 e. The van der Waals surface area contributed by atoms with Gasteiger partial charge in [0, 0.05) is 25.6 Å². The Balaban J connectivity index is 1.46. The fourth-order valence-corrected chi connectivity index (χ4v) is 3.21. The van der Waals surface area contributed by atoms with Crippen LogP contribution in [0.5, 0.6) is 5.75 Å². The molecule has 2 aromatic carbocycles. The molecular weight excluding hydrogens is 370 g/mol.